The summed E-state index contributed by atoms with van der Waals surface area (Å²) in [6.07, 6.45) is 3.47. The summed E-state index contributed by atoms with van der Waals surface area (Å²) in [6.45, 7) is 39.4. The second-order valence-corrected chi connectivity index (χ2v) is 21.0. The SMILES string of the molecule is CB1OC(C)(C)C(C)(C)O1.CCCCN(C(=O)OC(C)(C)C)[C@@H](C)c1ccc(B2OC(C)(C)C(C)(C)O2)cc1.CCCCN(C(=O)OC(C)(C)C)[C@@H](C)c1ccc(Br)cc1. The van der Waals surface area contributed by atoms with Crippen molar-refractivity contribution < 1.29 is 37.7 Å². The number of benzene rings is 2. The van der Waals surface area contributed by atoms with Gasteiger partial charge in [0.2, 0.25) is 0 Å². The van der Waals surface area contributed by atoms with Gasteiger partial charge in [-0.25, -0.2) is 9.59 Å². The van der Waals surface area contributed by atoms with Crippen LogP contribution in [0.4, 0.5) is 9.59 Å². The molecule has 2 saturated heterocycles. The molecule has 0 N–H and O–H groups in total. The molecule has 10 nitrogen and oxygen atoms in total. The Bertz CT molecular complexity index is 1610. The van der Waals surface area contributed by atoms with Gasteiger partial charge in [0.05, 0.1) is 34.5 Å². The highest BCUT2D eigenvalue weighted by Gasteiger charge is 2.52. The standard InChI is InChI=1S/C23H38BNO4.C17H26BrNO2.C7H15BO2/c1-10-11-16-25(20(26)27-21(3,4)5)17(2)18-12-14-19(15-13-18)24-28-22(6,7)23(8,9)29-24;1-6-7-12-19(16(20)21-17(3,4)5)13(2)14-8-10-15(18)11-9-14;1-6(2)7(3,4)10-8(5)9-6/h12-15,17H,10-11,16H2,1-9H3;8-11,13H,6-7,12H2,1-5H3;1-5H3/t17-;13-;/m00./s1. The summed E-state index contributed by atoms with van der Waals surface area (Å²) in [5.74, 6) is 0. The fourth-order valence-electron chi connectivity index (χ4n) is 6.33. The van der Waals surface area contributed by atoms with Crippen molar-refractivity contribution in [1.82, 2.24) is 9.80 Å². The van der Waals surface area contributed by atoms with Crippen LogP contribution in [-0.2, 0) is 28.1 Å². The molecule has 4 rings (SSSR count). The molecule has 2 aromatic rings. The third-order valence-electron chi connectivity index (χ3n) is 11.4. The number of hydrogen-bond donors (Lipinski definition) is 0. The van der Waals surface area contributed by atoms with E-state index in [2.05, 4.69) is 85.2 Å². The predicted molar refractivity (Wildman–Crippen MR) is 251 cm³/mol. The zero-order valence-corrected chi connectivity index (χ0v) is 42.3. The number of carbonyl (C=O) groups excluding carboxylic acids is 2. The number of amides is 2. The van der Waals surface area contributed by atoms with Crippen molar-refractivity contribution >= 4 is 47.8 Å². The molecular formula is C47H79B2BrN2O8. The van der Waals surface area contributed by atoms with Crippen LogP contribution in [0.3, 0.4) is 0 Å². The largest absolute Gasteiger partial charge is 0.494 e. The van der Waals surface area contributed by atoms with Gasteiger partial charge in [-0.2, -0.15) is 0 Å². The van der Waals surface area contributed by atoms with Crippen molar-refractivity contribution in [2.45, 2.75) is 203 Å². The predicted octanol–water partition coefficient (Wildman–Crippen LogP) is 12.3. The molecule has 0 radical (unpaired) electrons. The van der Waals surface area contributed by atoms with Gasteiger partial charge in [0.1, 0.15) is 11.2 Å². The van der Waals surface area contributed by atoms with Crippen LogP contribution in [0.15, 0.2) is 53.0 Å². The first kappa shape index (κ1) is 53.6. The van der Waals surface area contributed by atoms with E-state index in [1.165, 1.54) is 0 Å². The lowest BCUT2D eigenvalue weighted by atomic mass is 9.78. The average Bonchev–Trinajstić information content (AvgIpc) is 3.44. The number of carbonyl (C=O) groups is 2. The van der Waals surface area contributed by atoms with E-state index in [-0.39, 0.29) is 60.9 Å². The van der Waals surface area contributed by atoms with Crippen LogP contribution >= 0.6 is 15.9 Å². The van der Waals surface area contributed by atoms with E-state index in [1.807, 2.05) is 121 Å². The normalized spacial score (nSPS) is 18.6. The van der Waals surface area contributed by atoms with E-state index in [9.17, 15) is 9.59 Å². The van der Waals surface area contributed by atoms with Crippen molar-refractivity contribution in [2.24, 2.45) is 0 Å². The maximum absolute atomic E-state index is 12.8. The number of nitrogens with zero attached hydrogens (tertiary/aromatic N) is 2. The maximum Gasteiger partial charge on any atom is 0.494 e. The van der Waals surface area contributed by atoms with Crippen molar-refractivity contribution in [3.63, 3.8) is 0 Å². The molecular weight excluding hydrogens is 822 g/mol. The third kappa shape index (κ3) is 16.0. The minimum absolute atomic E-state index is 0.000463. The van der Waals surface area contributed by atoms with E-state index < -0.39 is 11.2 Å². The van der Waals surface area contributed by atoms with Crippen molar-refractivity contribution in [3.05, 3.63) is 64.1 Å². The molecule has 60 heavy (non-hydrogen) atoms. The highest BCUT2D eigenvalue weighted by atomic mass is 79.9. The topological polar surface area (TPSA) is 96.0 Å². The molecule has 2 amide bonds. The van der Waals surface area contributed by atoms with Crippen LogP contribution in [0.2, 0.25) is 6.82 Å². The first-order valence-corrected chi connectivity index (χ1v) is 22.7. The molecule has 2 fully saturated rings. The van der Waals surface area contributed by atoms with E-state index in [0.717, 1.165) is 46.7 Å². The number of ether oxygens (including phenoxy) is 2. The quantitative estimate of drug-likeness (QED) is 0.206. The Hall–Kier alpha value is -2.57. The first-order valence-electron chi connectivity index (χ1n) is 21.9. The minimum atomic E-state index is -0.512. The minimum Gasteiger partial charge on any atom is -0.444 e. The molecule has 338 valence electrons. The summed E-state index contributed by atoms with van der Waals surface area (Å²) in [6, 6.07) is 16.2. The first-order chi connectivity index (χ1) is 27.4. The molecule has 0 aliphatic carbocycles. The lowest BCUT2D eigenvalue weighted by Gasteiger charge is -2.32. The lowest BCUT2D eigenvalue weighted by molar-refractivity contribution is 0.00578. The second kappa shape index (κ2) is 21.7. The van der Waals surface area contributed by atoms with Gasteiger partial charge < -0.3 is 37.9 Å². The van der Waals surface area contributed by atoms with Crippen LogP contribution in [0.5, 0.6) is 0 Å². The molecule has 0 aromatic heterocycles. The molecule has 2 aliphatic heterocycles. The molecule has 2 atom stereocenters. The van der Waals surface area contributed by atoms with E-state index in [4.69, 9.17) is 28.1 Å². The Balaban J connectivity index is 0.000000347. The molecule has 13 heteroatoms. The van der Waals surface area contributed by atoms with Gasteiger partial charge in [0, 0.05) is 17.6 Å². The molecule has 0 saturated carbocycles. The fourth-order valence-corrected chi connectivity index (χ4v) is 6.60. The van der Waals surface area contributed by atoms with Crippen LogP contribution in [0.1, 0.15) is 174 Å². The highest BCUT2D eigenvalue weighted by molar-refractivity contribution is 9.10. The maximum atomic E-state index is 12.8. The van der Waals surface area contributed by atoms with Crippen LogP contribution in [0.25, 0.3) is 0 Å². The summed E-state index contributed by atoms with van der Waals surface area (Å²) in [5.41, 5.74) is 1.13. The molecule has 0 spiro atoms. The van der Waals surface area contributed by atoms with Gasteiger partial charge in [0.15, 0.2) is 0 Å². The summed E-state index contributed by atoms with van der Waals surface area (Å²) in [4.78, 5) is 28.8. The Morgan fingerprint density at radius 2 is 0.933 bits per heavy atom. The smallest absolute Gasteiger partial charge is 0.444 e. The number of unbranched alkanes of at least 4 members (excludes halogenated alkanes) is 2. The molecule has 0 bridgehead atoms. The van der Waals surface area contributed by atoms with Crippen molar-refractivity contribution in [3.8, 4) is 0 Å². The monoisotopic (exact) mass is 901 g/mol. The van der Waals surface area contributed by atoms with E-state index >= 15 is 0 Å². The van der Waals surface area contributed by atoms with Crippen LogP contribution < -0.4 is 5.46 Å². The average molecular weight is 902 g/mol. The Kier molecular flexibility index (Phi) is 19.4. The number of halogens is 1. The summed E-state index contributed by atoms with van der Waals surface area (Å²) in [7, 11) is -0.448. The van der Waals surface area contributed by atoms with E-state index in [1.54, 1.807) is 0 Å². The van der Waals surface area contributed by atoms with Gasteiger partial charge >= 0.3 is 26.4 Å². The molecule has 2 heterocycles. The van der Waals surface area contributed by atoms with Crippen LogP contribution in [-0.4, -0.2) is 82.9 Å². The van der Waals surface area contributed by atoms with Crippen molar-refractivity contribution in [1.29, 1.82) is 0 Å². The summed E-state index contributed by atoms with van der Waals surface area (Å²) < 4.78 is 35.6. The second-order valence-electron chi connectivity index (χ2n) is 20.0. The van der Waals surface area contributed by atoms with Crippen LogP contribution in [0, 0.1) is 0 Å². The summed E-state index contributed by atoms with van der Waals surface area (Å²) >= 11 is 3.44. The highest BCUT2D eigenvalue weighted by Crippen LogP contribution is 2.37. The van der Waals surface area contributed by atoms with Crippen molar-refractivity contribution in [2.75, 3.05) is 13.1 Å². The summed E-state index contributed by atoms with van der Waals surface area (Å²) in [5, 5.41) is 0. The Morgan fingerprint density at radius 3 is 1.22 bits per heavy atom. The Morgan fingerprint density at radius 1 is 0.617 bits per heavy atom. The molecule has 2 aliphatic rings. The number of rotatable bonds is 11. The van der Waals surface area contributed by atoms with E-state index in [0.29, 0.717) is 13.1 Å². The lowest BCUT2D eigenvalue weighted by Crippen LogP contribution is -2.41. The van der Waals surface area contributed by atoms with Gasteiger partial charge in [-0.05, 0) is 159 Å². The molecule has 0 unspecified atom stereocenters. The third-order valence-corrected chi connectivity index (χ3v) is 11.9. The fraction of sp³-hybridized carbons (Fsp3) is 0.702. The zero-order valence-electron chi connectivity index (χ0n) is 40.7. The molecule has 2 aromatic carbocycles. The zero-order chi connectivity index (χ0) is 46.1. The Labute approximate surface area is 373 Å². The number of hydrogen-bond acceptors (Lipinski definition) is 8. The van der Waals surface area contributed by atoms with Gasteiger partial charge in [-0.1, -0.05) is 79.0 Å². The van der Waals surface area contributed by atoms with Gasteiger partial charge in [-0.15, -0.1) is 0 Å². The van der Waals surface area contributed by atoms with Gasteiger partial charge in [0.25, 0.3) is 0 Å². The van der Waals surface area contributed by atoms with Gasteiger partial charge in [-0.3, -0.25) is 0 Å².